The largest absolute Gasteiger partial charge is 0.257 e. The first kappa shape index (κ1) is 6.49. The highest BCUT2D eigenvalue weighted by atomic mass is 35.5. The molecule has 0 saturated carbocycles. The van der Waals surface area contributed by atoms with Crippen molar-refractivity contribution in [3.05, 3.63) is 29.0 Å². The first-order valence-electron chi connectivity index (χ1n) is 2.50. The van der Waals surface area contributed by atoms with Crippen LogP contribution in [0, 0.1) is 0 Å². The van der Waals surface area contributed by atoms with Crippen LogP contribution < -0.4 is 0 Å². The topological polar surface area (TPSA) is 12.9 Å². The summed E-state index contributed by atoms with van der Waals surface area (Å²) in [5.74, 6) is 0. The Hall–Kier alpha value is -0.630. The molecule has 0 N–H and O–H groups in total. The summed E-state index contributed by atoms with van der Waals surface area (Å²) in [6.45, 7) is -0.598. The van der Waals surface area contributed by atoms with Crippen LogP contribution in [0.2, 0.25) is 5.02 Å². The van der Waals surface area contributed by atoms with E-state index in [1.807, 2.05) is 0 Å². The SMILES string of the molecule is FCc1ncccc1Cl. The molecule has 0 aliphatic carbocycles. The zero-order chi connectivity index (χ0) is 6.69. The van der Waals surface area contributed by atoms with E-state index < -0.39 is 6.67 Å². The van der Waals surface area contributed by atoms with Crippen molar-refractivity contribution in [1.82, 2.24) is 4.98 Å². The molecule has 0 aliphatic heterocycles. The molecule has 1 aromatic rings. The smallest absolute Gasteiger partial charge is 0.133 e. The van der Waals surface area contributed by atoms with Gasteiger partial charge >= 0.3 is 0 Å². The lowest BCUT2D eigenvalue weighted by Crippen LogP contribution is -1.83. The quantitative estimate of drug-likeness (QED) is 0.591. The van der Waals surface area contributed by atoms with Gasteiger partial charge in [0.15, 0.2) is 0 Å². The lowest BCUT2D eigenvalue weighted by Gasteiger charge is -1.93. The lowest BCUT2D eigenvalue weighted by atomic mass is 10.4. The van der Waals surface area contributed by atoms with Gasteiger partial charge in [-0.3, -0.25) is 4.98 Å². The molecule has 9 heavy (non-hydrogen) atoms. The highest BCUT2D eigenvalue weighted by Gasteiger charge is 1.96. The highest BCUT2D eigenvalue weighted by Crippen LogP contribution is 2.12. The molecule has 0 amide bonds. The summed E-state index contributed by atoms with van der Waals surface area (Å²) in [5, 5.41) is 0.389. The maximum absolute atomic E-state index is 11.8. The van der Waals surface area contributed by atoms with Gasteiger partial charge in [-0.05, 0) is 12.1 Å². The van der Waals surface area contributed by atoms with Crippen molar-refractivity contribution in [2.75, 3.05) is 0 Å². The van der Waals surface area contributed by atoms with Gasteiger partial charge in [0.2, 0.25) is 0 Å². The van der Waals surface area contributed by atoms with E-state index in [1.54, 1.807) is 12.1 Å². The third kappa shape index (κ3) is 1.39. The fraction of sp³-hybridized carbons (Fsp3) is 0.167. The molecule has 0 aromatic carbocycles. The summed E-state index contributed by atoms with van der Waals surface area (Å²) in [7, 11) is 0. The van der Waals surface area contributed by atoms with Crippen molar-refractivity contribution in [3.8, 4) is 0 Å². The molecule has 0 aliphatic rings. The molecule has 1 heterocycles. The minimum Gasteiger partial charge on any atom is -0.257 e. The Morgan fingerprint density at radius 3 is 2.89 bits per heavy atom. The predicted octanol–water partition coefficient (Wildman–Crippen LogP) is 2.20. The third-order valence-electron chi connectivity index (χ3n) is 0.961. The Labute approximate surface area is 57.5 Å². The van der Waals surface area contributed by atoms with E-state index >= 15 is 0 Å². The number of rotatable bonds is 1. The van der Waals surface area contributed by atoms with Crippen molar-refractivity contribution in [2.24, 2.45) is 0 Å². The summed E-state index contributed by atoms with van der Waals surface area (Å²) >= 11 is 5.52. The van der Waals surface area contributed by atoms with Crippen LogP contribution in [0.1, 0.15) is 5.69 Å². The van der Waals surface area contributed by atoms with Gasteiger partial charge in [-0.2, -0.15) is 0 Å². The molecule has 0 fully saturated rings. The molecule has 0 spiro atoms. The Bertz CT molecular complexity index is 202. The van der Waals surface area contributed by atoms with E-state index in [1.165, 1.54) is 6.20 Å². The summed E-state index contributed by atoms with van der Waals surface area (Å²) < 4.78 is 11.8. The maximum atomic E-state index is 11.8. The van der Waals surface area contributed by atoms with Gasteiger partial charge in [0.05, 0.1) is 10.7 Å². The van der Waals surface area contributed by atoms with Crippen LogP contribution >= 0.6 is 11.6 Å². The predicted molar refractivity (Wildman–Crippen MR) is 34.1 cm³/mol. The fourth-order valence-electron chi connectivity index (χ4n) is 0.517. The lowest BCUT2D eigenvalue weighted by molar-refractivity contribution is 0.476. The molecule has 1 aromatic heterocycles. The number of nitrogens with zero attached hydrogens (tertiary/aromatic N) is 1. The zero-order valence-corrected chi connectivity index (χ0v) is 5.40. The minimum atomic E-state index is -0.598. The van der Waals surface area contributed by atoms with Gasteiger partial charge in [0.1, 0.15) is 6.67 Å². The van der Waals surface area contributed by atoms with Crippen LogP contribution in [0.5, 0.6) is 0 Å². The normalized spacial score (nSPS) is 9.56. The average molecular weight is 146 g/mol. The fourth-order valence-corrected chi connectivity index (χ4v) is 0.689. The summed E-state index contributed by atoms with van der Waals surface area (Å²) in [4.78, 5) is 3.69. The van der Waals surface area contributed by atoms with Gasteiger partial charge in [0, 0.05) is 6.20 Å². The first-order chi connectivity index (χ1) is 4.34. The molecule has 3 heteroatoms. The van der Waals surface area contributed by atoms with Crippen molar-refractivity contribution in [3.63, 3.8) is 0 Å². The Kier molecular flexibility index (Phi) is 2.01. The van der Waals surface area contributed by atoms with Crippen LogP contribution in [-0.4, -0.2) is 4.98 Å². The summed E-state index contributed by atoms with van der Waals surface area (Å²) in [6.07, 6.45) is 1.51. The number of alkyl halides is 1. The first-order valence-corrected chi connectivity index (χ1v) is 2.87. The number of hydrogen-bond acceptors (Lipinski definition) is 1. The molecule has 48 valence electrons. The van der Waals surface area contributed by atoms with Gasteiger partial charge in [-0.1, -0.05) is 11.6 Å². The second-order valence-corrected chi connectivity index (χ2v) is 1.97. The summed E-state index contributed by atoms with van der Waals surface area (Å²) in [5.41, 5.74) is 0.305. The average Bonchev–Trinajstić information content (AvgIpc) is 1.89. The number of pyridine rings is 1. The van der Waals surface area contributed by atoms with E-state index in [9.17, 15) is 4.39 Å². The van der Waals surface area contributed by atoms with Crippen LogP contribution in [0.15, 0.2) is 18.3 Å². The van der Waals surface area contributed by atoms with Gasteiger partial charge < -0.3 is 0 Å². The molecule has 0 unspecified atom stereocenters. The van der Waals surface area contributed by atoms with Crippen molar-refractivity contribution >= 4 is 11.6 Å². The molecular weight excluding hydrogens is 141 g/mol. The van der Waals surface area contributed by atoms with E-state index in [-0.39, 0.29) is 0 Å². The Morgan fingerprint density at radius 1 is 1.67 bits per heavy atom. The van der Waals surface area contributed by atoms with Crippen LogP contribution in [-0.2, 0) is 6.67 Å². The van der Waals surface area contributed by atoms with Crippen LogP contribution in [0.4, 0.5) is 4.39 Å². The Balaban J connectivity index is 3.01. The number of hydrogen-bond donors (Lipinski definition) is 0. The van der Waals surface area contributed by atoms with E-state index in [0.29, 0.717) is 10.7 Å². The standard InChI is InChI=1S/C6H5ClFN/c7-5-2-1-3-9-6(5)4-8/h1-3H,4H2. The van der Waals surface area contributed by atoms with Crippen LogP contribution in [0.25, 0.3) is 0 Å². The molecule has 0 atom stereocenters. The molecule has 0 radical (unpaired) electrons. The van der Waals surface area contributed by atoms with Crippen molar-refractivity contribution in [1.29, 1.82) is 0 Å². The third-order valence-corrected chi connectivity index (χ3v) is 1.31. The van der Waals surface area contributed by atoms with Gasteiger partial charge in [0.25, 0.3) is 0 Å². The second kappa shape index (κ2) is 2.78. The van der Waals surface area contributed by atoms with E-state index in [0.717, 1.165) is 0 Å². The van der Waals surface area contributed by atoms with E-state index in [4.69, 9.17) is 11.6 Å². The molecule has 1 rings (SSSR count). The molecular formula is C6H5ClFN. The van der Waals surface area contributed by atoms with E-state index in [2.05, 4.69) is 4.98 Å². The molecule has 0 saturated heterocycles. The molecule has 1 nitrogen and oxygen atoms in total. The zero-order valence-electron chi connectivity index (χ0n) is 4.64. The number of halogens is 2. The monoisotopic (exact) mass is 145 g/mol. The van der Waals surface area contributed by atoms with Gasteiger partial charge in [-0.15, -0.1) is 0 Å². The Morgan fingerprint density at radius 2 is 2.44 bits per heavy atom. The van der Waals surface area contributed by atoms with Gasteiger partial charge in [-0.25, -0.2) is 4.39 Å². The summed E-state index contributed by atoms with van der Waals surface area (Å²) in [6, 6.07) is 3.28. The van der Waals surface area contributed by atoms with Crippen LogP contribution in [0.3, 0.4) is 0 Å². The van der Waals surface area contributed by atoms with Crippen molar-refractivity contribution in [2.45, 2.75) is 6.67 Å². The minimum absolute atomic E-state index is 0.305. The second-order valence-electron chi connectivity index (χ2n) is 1.57. The maximum Gasteiger partial charge on any atom is 0.133 e. The molecule has 0 bridgehead atoms. The number of aromatic nitrogens is 1. The van der Waals surface area contributed by atoms with Crippen molar-refractivity contribution < 1.29 is 4.39 Å². The highest BCUT2D eigenvalue weighted by molar-refractivity contribution is 6.31.